The largest absolute Gasteiger partial charge is 0.493 e. The molecule has 1 heterocycles. The summed E-state index contributed by atoms with van der Waals surface area (Å²) in [6, 6.07) is 3.69. The van der Waals surface area contributed by atoms with E-state index in [4.69, 9.17) is 25.8 Å². The van der Waals surface area contributed by atoms with E-state index in [0.29, 0.717) is 22.6 Å². The zero-order chi connectivity index (χ0) is 14.0. The van der Waals surface area contributed by atoms with Crippen LogP contribution < -0.4 is 9.47 Å². The van der Waals surface area contributed by atoms with Gasteiger partial charge in [-0.15, -0.1) is 0 Å². The van der Waals surface area contributed by atoms with Gasteiger partial charge >= 0.3 is 0 Å². The first-order valence-electron chi connectivity index (χ1n) is 6.27. The summed E-state index contributed by atoms with van der Waals surface area (Å²) in [5.74, 6) is 1.31. The predicted octanol–water partition coefficient (Wildman–Crippen LogP) is 4.36. The average molecular weight is 350 g/mol. The van der Waals surface area contributed by atoms with Crippen LogP contribution in [-0.4, -0.2) is 26.4 Å². The van der Waals surface area contributed by atoms with Gasteiger partial charge < -0.3 is 14.2 Å². The van der Waals surface area contributed by atoms with E-state index >= 15 is 0 Å². The van der Waals surface area contributed by atoms with E-state index in [2.05, 4.69) is 22.9 Å². The molecule has 0 aliphatic carbocycles. The second-order valence-corrected chi connectivity index (χ2v) is 6.09. The highest BCUT2D eigenvalue weighted by molar-refractivity contribution is 9.09. The minimum absolute atomic E-state index is 0.0600. The topological polar surface area (TPSA) is 27.7 Å². The summed E-state index contributed by atoms with van der Waals surface area (Å²) in [5, 5.41) is 0.655. The number of ether oxygens (including phenoxy) is 3. The van der Waals surface area contributed by atoms with Crippen LogP contribution in [0.4, 0.5) is 0 Å². The van der Waals surface area contributed by atoms with Gasteiger partial charge in [-0.2, -0.15) is 0 Å². The predicted molar refractivity (Wildman–Crippen MR) is 79.8 cm³/mol. The molecule has 0 amide bonds. The van der Waals surface area contributed by atoms with Crippen molar-refractivity contribution in [1.82, 2.24) is 0 Å². The molecule has 1 aromatic rings. The molecule has 2 rings (SSSR count). The maximum atomic E-state index is 6.33. The van der Waals surface area contributed by atoms with Gasteiger partial charge in [0.25, 0.3) is 0 Å². The van der Waals surface area contributed by atoms with Crippen LogP contribution in [-0.2, 0) is 4.74 Å². The van der Waals surface area contributed by atoms with Crippen LogP contribution >= 0.6 is 27.5 Å². The normalized spacial score (nSPS) is 24.3. The molecule has 1 fully saturated rings. The van der Waals surface area contributed by atoms with E-state index in [1.165, 1.54) is 0 Å². The number of hydrogen-bond donors (Lipinski definition) is 0. The Morgan fingerprint density at radius 1 is 1.26 bits per heavy atom. The summed E-state index contributed by atoms with van der Waals surface area (Å²) < 4.78 is 16.4. The number of benzene rings is 1. The molecule has 5 heteroatoms. The van der Waals surface area contributed by atoms with Crippen LogP contribution in [0.3, 0.4) is 0 Å². The molecule has 3 atom stereocenters. The highest BCUT2D eigenvalue weighted by Gasteiger charge is 2.30. The Balaban J connectivity index is 2.28. The van der Waals surface area contributed by atoms with Crippen molar-refractivity contribution in [3.8, 4) is 11.5 Å². The molecule has 0 saturated carbocycles. The molecular weight excluding hydrogens is 332 g/mol. The molecule has 1 aliphatic heterocycles. The number of halogens is 2. The third kappa shape index (κ3) is 3.18. The van der Waals surface area contributed by atoms with Gasteiger partial charge in [-0.1, -0.05) is 27.5 Å². The van der Waals surface area contributed by atoms with Crippen LogP contribution in [0.2, 0.25) is 5.02 Å². The highest BCUT2D eigenvalue weighted by atomic mass is 79.9. The van der Waals surface area contributed by atoms with E-state index in [9.17, 15) is 0 Å². The molecule has 1 aromatic carbocycles. The molecule has 19 heavy (non-hydrogen) atoms. The lowest BCUT2D eigenvalue weighted by atomic mass is 10.0. The second kappa shape index (κ2) is 6.33. The maximum Gasteiger partial charge on any atom is 0.162 e. The molecular formula is C14H18BrClO3. The van der Waals surface area contributed by atoms with E-state index in [1.807, 2.05) is 6.07 Å². The van der Waals surface area contributed by atoms with Crippen molar-refractivity contribution in [3.63, 3.8) is 0 Å². The standard InChI is InChI=1S/C14H18BrClO3/c1-8-4-5-11(19-8)14(15)9-6-12(17-2)13(18-3)7-10(9)16/h6-8,11,14H,4-5H2,1-3H3. The molecule has 0 bridgehead atoms. The van der Waals surface area contributed by atoms with Crippen LogP contribution in [0.15, 0.2) is 12.1 Å². The summed E-state index contributed by atoms with van der Waals surface area (Å²) in [7, 11) is 3.22. The zero-order valence-corrected chi connectivity index (χ0v) is 13.6. The van der Waals surface area contributed by atoms with Gasteiger partial charge in [0, 0.05) is 11.1 Å². The lowest BCUT2D eigenvalue weighted by molar-refractivity contribution is 0.0556. The fraction of sp³-hybridized carbons (Fsp3) is 0.571. The van der Waals surface area contributed by atoms with Crippen LogP contribution in [0, 0.1) is 0 Å². The lowest BCUT2D eigenvalue weighted by Gasteiger charge is -2.21. The van der Waals surface area contributed by atoms with Crippen LogP contribution in [0.25, 0.3) is 0 Å². The van der Waals surface area contributed by atoms with Gasteiger partial charge in [0.1, 0.15) is 0 Å². The lowest BCUT2D eigenvalue weighted by Crippen LogP contribution is -2.14. The van der Waals surface area contributed by atoms with Crippen molar-refractivity contribution in [3.05, 3.63) is 22.7 Å². The Labute approximate surface area is 127 Å². The van der Waals surface area contributed by atoms with Crippen molar-refractivity contribution >= 4 is 27.5 Å². The molecule has 106 valence electrons. The monoisotopic (exact) mass is 348 g/mol. The number of alkyl halides is 1. The summed E-state index contributed by atoms with van der Waals surface area (Å²) in [4.78, 5) is 0.0600. The molecule has 0 N–H and O–H groups in total. The maximum absolute atomic E-state index is 6.33. The number of rotatable bonds is 4. The third-order valence-electron chi connectivity index (χ3n) is 3.39. The van der Waals surface area contributed by atoms with Gasteiger partial charge in [0.2, 0.25) is 0 Å². The Kier molecular flexibility index (Phi) is 4.98. The van der Waals surface area contributed by atoms with Crippen LogP contribution in [0.1, 0.15) is 30.2 Å². The molecule has 0 radical (unpaired) electrons. The van der Waals surface area contributed by atoms with Gasteiger partial charge in [0.05, 0.1) is 31.3 Å². The van der Waals surface area contributed by atoms with E-state index in [1.54, 1.807) is 20.3 Å². The number of methoxy groups -OCH3 is 2. The summed E-state index contributed by atoms with van der Waals surface area (Å²) in [6.45, 7) is 2.09. The Bertz CT molecular complexity index is 453. The number of hydrogen-bond acceptors (Lipinski definition) is 3. The fourth-order valence-corrected chi connectivity index (χ4v) is 3.50. The van der Waals surface area contributed by atoms with Gasteiger partial charge in [-0.25, -0.2) is 0 Å². The molecule has 0 aromatic heterocycles. The van der Waals surface area contributed by atoms with Crippen molar-refractivity contribution < 1.29 is 14.2 Å². The van der Waals surface area contributed by atoms with Gasteiger partial charge in [0.15, 0.2) is 11.5 Å². The van der Waals surface area contributed by atoms with E-state index < -0.39 is 0 Å². The molecule has 0 spiro atoms. The van der Waals surface area contributed by atoms with Gasteiger partial charge in [-0.05, 0) is 31.4 Å². The minimum atomic E-state index is 0.0600. The smallest absolute Gasteiger partial charge is 0.162 e. The Hall–Kier alpha value is -0.450. The minimum Gasteiger partial charge on any atom is -0.493 e. The molecule has 3 nitrogen and oxygen atoms in total. The van der Waals surface area contributed by atoms with Crippen molar-refractivity contribution in [2.45, 2.75) is 36.8 Å². The second-order valence-electron chi connectivity index (χ2n) is 4.69. The SMILES string of the molecule is COc1cc(Cl)c(C(Br)C2CCC(C)O2)cc1OC. The Morgan fingerprint density at radius 3 is 2.42 bits per heavy atom. The summed E-state index contributed by atoms with van der Waals surface area (Å²) >= 11 is 10.0. The van der Waals surface area contributed by atoms with Gasteiger partial charge in [-0.3, -0.25) is 0 Å². The van der Waals surface area contributed by atoms with Crippen molar-refractivity contribution in [2.75, 3.05) is 14.2 Å². The molecule has 3 unspecified atom stereocenters. The summed E-state index contributed by atoms with van der Waals surface area (Å²) in [6.07, 6.45) is 2.56. The van der Waals surface area contributed by atoms with Crippen LogP contribution in [0.5, 0.6) is 11.5 Å². The zero-order valence-electron chi connectivity index (χ0n) is 11.3. The Morgan fingerprint density at radius 2 is 1.89 bits per heavy atom. The highest BCUT2D eigenvalue weighted by Crippen LogP contribution is 2.43. The van der Waals surface area contributed by atoms with Crippen molar-refractivity contribution in [2.24, 2.45) is 0 Å². The molecule has 1 aliphatic rings. The first-order valence-corrected chi connectivity index (χ1v) is 7.57. The quantitative estimate of drug-likeness (QED) is 0.756. The summed E-state index contributed by atoms with van der Waals surface area (Å²) in [5.41, 5.74) is 0.971. The molecule has 1 saturated heterocycles. The average Bonchev–Trinajstić information content (AvgIpc) is 2.84. The van der Waals surface area contributed by atoms with Crippen molar-refractivity contribution in [1.29, 1.82) is 0 Å². The van der Waals surface area contributed by atoms with E-state index in [0.717, 1.165) is 18.4 Å². The fourth-order valence-electron chi connectivity index (χ4n) is 2.33. The van der Waals surface area contributed by atoms with E-state index in [-0.39, 0.29) is 10.9 Å². The third-order valence-corrected chi connectivity index (χ3v) is 4.80. The first-order chi connectivity index (χ1) is 9.06. The first kappa shape index (κ1) is 14.9.